The molecule has 4 aromatic rings. The smallest absolute Gasteiger partial charge is 0.267 e. The van der Waals surface area contributed by atoms with E-state index in [4.69, 9.17) is 23.2 Å². The van der Waals surface area contributed by atoms with E-state index < -0.39 is 0 Å². The summed E-state index contributed by atoms with van der Waals surface area (Å²) in [5.74, 6) is -0.322. The molecular weight excluding hydrogens is 405 g/mol. The normalized spacial score (nSPS) is 11.1. The largest absolute Gasteiger partial charge is 0.272 e. The number of nitrogens with one attached hydrogen (secondary N) is 1. The van der Waals surface area contributed by atoms with Crippen LogP contribution in [-0.2, 0) is 0 Å². The molecule has 1 amide bonds. The molecule has 0 aliphatic heterocycles. The zero-order valence-corrected chi connectivity index (χ0v) is 16.7. The number of nitrogens with zero attached hydrogens (tertiary/aromatic N) is 2. The standard InChI is InChI=1S/C23H15Cl2N3O/c24-19-11-10-15(12-20(19)25)14-26-28-23(29)18-13-22(16-6-2-1-3-7-16)27-21-9-5-4-8-17(18)21/h1-14H,(H,28,29)/b26-14-. The molecule has 0 aliphatic carbocycles. The molecule has 1 aromatic heterocycles. The summed E-state index contributed by atoms with van der Waals surface area (Å²) in [5.41, 5.74) is 6.21. The Hall–Kier alpha value is -3.21. The molecule has 0 fully saturated rings. The fourth-order valence-electron chi connectivity index (χ4n) is 2.94. The molecule has 4 rings (SSSR count). The number of hydrazone groups is 1. The van der Waals surface area contributed by atoms with Gasteiger partial charge in [0.2, 0.25) is 0 Å². The maximum absolute atomic E-state index is 12.9. The van der Waals surface area contributed by atoms with Crippen LogP contribution < -0.4 is 5.43 Å². The highest BCUT2D eigenvalue weighted by atomic mass is 35.5. The first kappa shape index (κ1) is 19.1. The van der Waals surface area contributed by atoms with Crippen molar-refractivity contribution in [2.45, 2.75) is 0 Å². The van der Waals surface area contributed by atoms with Crippen molar-refractivity contribution in [1.82, 2.24) is 10.4 Å². The van der Waals surface area contributed by atoms with E-state index >= 15 is 0 Å². The molecule has 6 heteroatoms. The first-order chi connectivity index (χ1) is 14.1. The van der Waals surface area contributed by atoms with Gasteiger partial charge in [-0.1, -0.05) is 77.8 Å². The first-order valence-electron chi connectivity index (χ1n) is 8.85. The summed E-state index contributed by atoms with van der Waals surface area (Å²) in [6.45, 7) is 0. The number of amides is 1. The average Bonchev–Trinajstić information content (AvgIpc) is 2.76. The molecule has 0 bridgehead atoms. The Balaban J connectivity index is 1.66. The van der Waals surface area contributed by atoms with Gasteiger partial charge in [-0.25, -0.2) is 10.4 Å². The summed E-state index contributed by atoms with van der Waals surface area (Å²) in [7, 11) is 0. The van der Waals surface area contributed by atoms with Crippen molar-refractivity contribution in [3.8, 4) is 11.3 Å². The Morgan fingerprint density at radius 2 is 1.66 bits per heavy atom. The average molecular weight is 420 g/mol. The van der Waals surface area contributed by atoms with Crippen LogP contribution in [0.2, 0.25) is 10.0 Å². The lowest BCUT2D eigenvalue weighted by Crippen LogP contribution is -2.18. The lowest BCUT2D eigenvalue weighted by molar-refractivity contribution is 0.0957. The van der Waals surface area contributed by atoms with Crippen molar-refractivity contribution < 1.29 is 4.79 Å². The molecule has 0 saturated heterocycles. The number of carbonyl (C=O) groups is 1. The molecule has 0 unspecified atom stereocenters. The molecule has 4 nitrogen and oxygen atoms in total. The number of benzene rings is 3. The molecule has 0 atom stereocenters. The maximum atomic E-state index is 12.9. The molecule has 0 spiro atoms. The summed E-state index contributed by atoms with van der Waals surface area (Å²) in [4.78, 5) is 17.5. The number of rotatable bonds is 4. The Kier molecular flexibility index (Phi) is 5.56. The van der Waals surface area contributed by atoms with Crippen LogP contribution in [0.15, 0.2) is 84.0 Å². The molecule has 3 aromatic carbocycles. The lowest BCUT2D eigenvalue weighted by Gasteiger charge is -2.09. The third kappa shape index (κ3) is 4.29. The predicted molar refractivity (Wildman–Crippen MR) is 119 cm³/mol. The van der Waals surface area contributed by atoms with Crippen molar-refractivity contribution in [2.75, 3.05) is 0 Å². The fraction of sp³-hybridized carbons (Fsp3) is 0. The minimum Gasteiger partial charge on any atom is -0.267 e. The summed E-state index contributed by atoms with van der Waals surface area (Å²) in [5, 5.41) is 5.70. The van der Waals surface area contributed by atoms with Gasteiger partial charge in [0, 0.05) is 10.9 Å². The summed E-state index contributed by atoms with van der Waals surface area (Å²) in [6, 6.07) is 24.2. The number of hydrogen-bond acceptors (Lipinski definition) is 3. The van der Waals surface area contributed by atoms with Crippen LogP contribution in [0, 0.1) is 0 Å². The Morgan fingerprint density at radius 3 is 2.45 bits per heavy atom. The lowest BCUT2D eigenvalue weighted by atomic mass is 10.0. The van der Waals surface area contributed by atoms with E-state index in [0.29, 0.717) is 15.6 Å². The molecular formula is C23H15Cl2N3O. The quantitative estimate of drug-likeness (QED) is 0.327. The highest BCUT2D eigenvalue weighted by molar-refractivity contribution is 6.42. The van der Waals surface area contributed by atoms with Gasteiger partial charge in [0.05, 0.1) is 33.0 Å². The van der Waals surface area contributed by atoms with Gasteiger partial charge in [0.15, 0.2) is 0 Å². The van der Waals surface area contributed by atoms with Crippen molar-refractivity contribution in [2.24, 2.45) is 5.10 Å². The van der Waals surface area contributed by atoms with Gasteiger partial charge in [-0.05, 0) is 29.8 Å². The van der Waals surface area contributed by atoms with Crippen LogP contribution in [0.4, 0.5) is 0 Å². The molecule has 29 heavy (non-hydrogen) atoms. The number of aromatic nitrogens is 1. The second kappa shape index (κ2) is 8.43. The molecule has 0 aliphatic rings. The van der Waals surface area contributed by atoms with Crippen LogP contribution in [0.25, 0.3) is 22.2 Å². The number of pyridine rings is 1. The molecule has 0 radical (unpaired) electrons. The molecule has 1 N–H and O–H groups in total. The van der Waals surface area contributed by atoms with E-state index in [1.807, 2.05) is 54.6 Å². The van der Waals surface area contributed by atoms with Crippen molar-refractivity contribution in [3.63, 3.8) is 0 Å². The van der Waals surface area contributed by atoms with Gasteiger partial charge in [0.1, 0.15) is 0 Å². The Morgan fingerprint density at radius 1 is 0.897 bits per heavy atom. The van der Waals surface area contributed by atoms with E-state index in [1.165, 1.54) is 6.21 Å². The fourth-order valence-corrected chi connectivity index (χ4v) is 3.24. The van der Waals surface area contributed by atoms with Crippen molar-refractivity contribution >= 4 is 46.2 Å². The van der Waals surface area contributed by atoms with Crippen LogP contribution in [0.3, 0.4) is 0 Å². The maximum Gasteiger partial charge on any atom is 0.272 e. The van der Waals surface area contributed by atoms with Gasteiger partial charge < -0.3 is 0 Å². The third-order valence-electron chi connectivity index (χ3n) is 4.35. The van der Waals surface area contributed by atoms with E-state index in [2.05, 4.69) is 15.5 Å². The van der Waals surface area contributed by atoms with Crippen LogP contribution in [0.1, 0.15) is 15.9 Å². The highest BCUT2D eigenvalue weighted by Crippen LogP contribution is 2.25. The van der Waals surface area contributed by atoms with Crippen LogP contribution in [0.5, 0.6) is 0 Å². The second-order valence-corrected chi connectivity index (χ2v) is 7.13. The van der Waals surface area contributed by atoms with Crippen LogP contribution in [-0.4, -0.2) is 17.1 Å². The van der Waals surface area contributed by atoms with Crippen LogP contribution >= 0.6 is 23.2 Å². The summed E-state index contributed by atoms with van der Waals surface area (Å²) >= 11 is 11.9. The third-order valence-corrected chi connectivity index (χ3v) is 5.09. The number of carbonyl (C=O) groups excluding carboxylic acids is 1. The number of para-hydroxylation sites is 1. The molecule has 0 saturated carbocycles. The monoisotopic (exact) mass is 419 g/mol. The van der Waals surface area contributed by atoms with Gasteiger partial charge in [0.25, 0.3) is 5.91 Å². The van der Waals surface area contributed by atoms with Crippen molar-refractivity contribution in [1.29, 1.82) is 0 Å². The van der Waals surface area contributed by atoms with E-state index in [1.54, 1.807) is 24.3 Å². The van der Waals surface area contributed by atoms with Crippen molar-refractivity contribution in [3.05, 3.63) is 100 Å². The molecule has 142 valence electrons. The zero-order valence-electron chi connectivity index (χ0n) is 15.1. The van der Waals surface area contributed by atoms with Gasteiger partial charge in [-0.3, -0.25) is 4.79 Å². The Labute approximate surface area is 177 Å². The summed E-state index contributed by atoms with van der Waals surface area (Å²) < 4.78 is 0. The zero-order chi connectivity index (χ0) is 20.2. The predicted octanol–water partition coefficient (Wildman–Crippen LogP) is 5.97. The second-order valence-electron chi connectivity index (χ2n) is 6.31. The number of halogens is 2. The Bertz CT molecular complexity index is 1220. The highest BCUT2D eigenvalue weighted by Gasteiger charge is 2.13. The van der Waals surface area contributed by atoms with E-state index in [0.717, 1.165) is 27.7 Å². The van der Waals surface area contributed by atoms with Gasteiger partial charge in [-0.15, -0.1) is 0 Å². The SMILES string of the molecule is O=C(N/N=C\c1ccc(Cl)c(Cl)c1)c1cc(-c2ccccc2)nc2ccccc12. The summed E-state index contributed by atoms with van der Waals surface area (Å²) in [6.07, 6.45) is 1.52. The minimum absolute atomic E-state index is 0.322. The first-order valence-corrected chi connectivity index (χ1v) is 9.61. The van der Waals surface area contributed by atoms with E-state index in [-0.39, 0.29) is 5.91 Å². The van der Waals surface area contributed by atoms with E-state index in [9.17, 15) is 4.79 Å². The van der Waals surface area contributed by atoms with Gasteiger partial charge in [-0.2, -0.15) is 5.10 Å². The minimum atomic E-state index is -0.322. The van der Waals surface area contributed by atoms with Gasteiger partial charge >= 0.3 is 0 Å². The molecule has 1 heterocycles. The number of hydrogen-bond donors (Lipinski definition) is 1. The topological polar surface area (TPSA) is 54.4 Å². The number of fused-ring (bicyclic) bond motifs is 1.